The molecule has 2 aliphatic rings. The van der Waals surface area contributed by atoms with Gasteiger partial charge in [-0.2, -0.15) is 0 Å². The summed E-state index contributed by atoms with van der Waals surface area (Å²) >= 11 is 0. The van der Waals surface area contributed by atoms with Crippen molar-refractivity contribution in [1.82, 2.24) is 4.90 Å². The van der Waals surface area contributed by atoms with Crippen molar-refractivity contribution in [2.24, 2.45) is 23.5 Å². The van der Waals surface area contributed by atoms with Crippen molar-refractivity contribution in [3.63, 3.8) is 0 Å². The zero-order valence-electron chi connectivity index (χ0n) is 17.0. The Balaban J connectivity index is 1.36. The third-order valence-corrected chi connectivity index (χ3v) is 6.77. The second-order valence-electron chi connectivity index (χ2n) is 8.78. The molecule has 4 nitrogen and oxygen atoms in total. The molecule has 1 aliphatic heterocycles. The molecule has 2 fully saturated rings. The lowest BCUT2D eigenvalue weighted by Gasteiger charge is -2.34. The fourth-order valence-electron chi connectivity index (χ4n) is 4.85. The molecule has 29 heavy (non-hydrogen) atoms. The highest BCUT2D eigenvalue weighted by Gasteiger charge is 2.28. The summed E-state index contributed by atoms with van der Waals surface area (Å²) < 4.78 is 26.9. The van der Waals surface area contributed by atoms with Gasteiger partial charge < -0.3 is 10.6 Å². The highest BCUT2D eigenvalue weighted by Crippen LogP contribution is 2.33. The van der Waals surface area contributed by atoms with Gasteiger partial charge in [0.05, 0.1) is 5.56 Å². The van der Waals surface area contributed by atoms with Gasteiger partial charge in [0.15, 0.2) is 5.78 Å². The van der Waals surface area contributed by atoms with E-state index in [1.54, 1.807) is 0 Å². The van der Waals surface area contributed by atoms with Crippen LogP contribution in [0.15, 0.2) is 18.2 Å². The summed E-state index contributed by atoms with van der Waals surface area (Å²) in [5.74, 6) is -0.598. The van der Waals surface area contributed by atoms with Gasteiger partial charge in [0, 0.05) is 18.4 Å². The smallest absolute Gasteiger partial charge is 0.217 e. The summed E-state index contributed by atoms with van der Waals surface area (Å²) in [6.07, 6.45) is 8.90. The monoisotopic (exact) mass is 406 g/mol. The minimum atomic E-state index is -0.760. The first-order valence-corrected chi connectivity index (χ1v) is 10.9. The first-order chi connectivity index (χ1) is 13.9. The molecule has 0 aromatic heterocycles. The summed E-state index contributed by atoms with van der Waals surface area (Å²) in [6.45, 7) is 2.75. The molecule has 0 radical (unpaired) electrons. The fraction of sp³-hybridized carbons (Fsp3) is 0.652. The van der Waals surface area contributed by atoms with E-state index >= 15 is 0 Å². The number of hydrogen-bond acceptors (Lipinski definition) is 3. The number of amides is 1. The summed E-state index contributed by atoms with van der Waals surface area (Å²) in [5.41, 5.74) is 5.25. The second-order valence-corrected chi connectivity index (χ2v) is 8.78. The molecule has 6 heteroatoms. The minimum Gasteiger partial charge on any atom is -0.370 e. The van der Waals surface area contributed by atoms with Crippen molar-refractivity contribution in [1.29, 1.82) is 0 Å². The summed E-state index contributed by atoms with van der Waals surface area (Å²) in [6, 6.07) is 3.19. The minimum absolute atomic E-state index is 0.0120. The maximum atomic E-state index is 13.9. The van der Waals surface area contributed by atoms with Crippen LogP contribution in [0, 0.1) is 29.4 Å². The standard InChI is InChI=1S/C23H32F2N2O2/c24-19-6-7-20(21(25)15-19)23(29)18-10-13-27(14-11-18)12-9-17-3-1-16(2-4-17)5-8-22(26)28/h6-7,15-18H,1-5,8-14H2,(H2,26,28)/t16-,17-. The summed E-state index contributed by atoms with van der Waals surface area (Å²) in [4.78, 5) is 25.9. The lowest BCUT2D eigenvalue weighted by molar-refractivity contribution is -0.118. The van der Waals surface area contributed by atoms with Gasteiger partial charge in [0.25, 0.3) is 0 Å². The van der Waals surface area contributed by atoms with Gasteiger partial charge in [-0.25, -0.2) is 8.78 Å². The molecule has 1 aromatic carbocycles. The number of likely N-dealkylation sites (tertiary alicyclic amines) is 1. The Morgan fingerprint density at radius 2 is 1.59 bits per heavy atom. The maximum absolute atomic E-state index is 13.9. The van der Waals surface area contributed by atoms with E-state index in [2.05, 4.69) is 4.90 Å². The maximum Gasteiger partial charge on any atom is 0.217 e. The van der Waals surface area contributed by atoms with E-state index in [-0.39, 0.29) is 23.2 Å². The highest BCUT2D eigenvalue weighted by atomic mass is 19.1. The molecule has 1 aliphatic carbocycles. The van der Waals surface area contributed by atoms with E-state index in [1.165, 1.54) is 38.2 Å². The first kappa shape index (κ1) is 21.9. The quantitative estimate of drug-likeness (QED) is 0.654. The van der Waals surface area contributed by atoms with E-state index in [9.17, 15) is 18.4 Å². The zero-order chi connectivity index (χ0) is 20.8. The van der Waals surface area contributed by atoms with E-state index in [0.717, 1.165) is 56.9 Å². The van der Waals surface area contributed by atoms with Crippen LogP contribution in [0.1, 0.15) is 68.1 Å². The van der Waals surface area contributed by atoms with Crippen LogP contribution in [-0.4, -0.2) is 36.2 Å². The van der Waals surface area contributed by atoms with E-state index in [1.807, 2.05) is 0 Å². The largest absolute Gasteiger partial charge is 0.370 e. The van der Waals surface area contributed by atoms with Gasteiger partial charge in [0.1, 0.15) is 11.6 Å². The van der Waals surface area contributed by atoms with Gasteiger partial charge in [-0.1, -0.05) is 25.7 Å². The lowest BCUT2D eigenvalue weighted by atomic mass is 9.78. The van der Waals surface area contributed by atoms with Gasteiger partial charge in [0.2, 0.25) is 5.91 Å². The predicted molar refractivity (Wildman–Crippen MR) is 108 cm³/mol. The molecule has 0 bridgehead atoms. The molecule has 1 saturated heterocycles. The van der Waals surface area contributed by atoms with Crippen LogP contribution >= 0.6 is 0 Å². The normalized spacial score (nSPS) is 23.8. The van der Waals surface area contributed by atoms with Crippen LogP contribution in [0.5, 0.6) is 0 Å². The number of benzene rings is 1. The van der Waals surface area contributed by atoms with E-state index < -0.39 is 11.6 Å². The second kappa shape index (κ2) is 10.3. The number of carbonyl (C=O) groups is 2. The van der Waals surface area contributed by atoms with Crippen molar-refractivity contribution in [3.05, 3.63) is 35.4 Å². The Bertz CT molecular complexity index is 709. The molecule has 0 unspecified atom stereocenters. The molecule has 0 atom stereocenters. The van der Waals surface area contributed by atoms with Crippen LogP contribution in [-0.2, 0) is 4.79 Å². The first-order valence-electron chi connectivity index (χ1n) is 10.9. The molecule has 1 saturated carbocycles. The third kappa shape index (κ3) is 6.33. The number of Topliss-reactive ketones (excluding diaryl/α,β-unsaturated/α-hetero) is 1. The van der Waals surface area contributed by atoms with Crippen molar-refractivity contribution in [2.75, 3.05) is 19.6 Å². The molecular formula is C23H32F2N2O2. The number of hydrogen-bond donors (Lipinski definition) is 1. The Kier molecular flexibility index (Phi) is 7.76. The van der Waals surface area contributed by atoms with Gasteiger partial charge >= 0.3 is 0 Å². The molecule has 2 N–H and O–H groups in total. The van der Waals surface area contributed by atoms with Crippen LogP contribution in [0.4, 0.5) is 8.78 Å². The number of nitrogens with two attached hydrogens (primary N) is 1. The number of nitrogens with zero attached hydrogens (tertiary/aromatic N) is 1. The highest BCUT2D eigenvalue weighted by molar-refractivity contribution is 5.98. The number of primary amides is 1. The Morgan fingerprint density at radius 3 is 2.17 bits per heavy atom. The summed E-state index contributed by atoms with van der Waals surface area (Å²) in [5, 5.41) is 0. The van der Waals surface area contributed by atoms with Gasteiger partial charge in [-0.3, -0.25) is 9.59 Å². The van der Waals surface area contributed by atoms with Gasteiger partial charge in [-0.15, -0.1) is 0 Å². The number of ketones is 1. The van der Waals surface area contributed by atoms with Crippen molar-refractivity contribution in [2.45, 2.75) is 57.8 Å². The average Bonchev–Trinajstić information content (AvgIpc) is 2.71. The van der Waals surface area contributed by atoms with Crippen molar-refractivity contribution >= 4 is 11.7 Å². The fourth-order valence-corrected chi connectivity index (χ4v) is 4.85. The van der Waals surface area contributed by atoms with Gasteiger partial charge in [-0.05, 0) is 69.3 Å². The third-order valence-electron chi connectivity index (χ3n) is 6.77. The number of rotatable bonds is 8. The van der Waals surface area contributed by atoms with Crippen LogP contribution < -0.4 is 5.73 Å². The zero-order valence-corrected chi connectivity index (χ0v) is 17.0. The molecule has 0 spiro atoms. The molecular weight excluding hydrogens is 374 g/mol. The van der Waals surface area contributed by atoms with Crippen LogP contribution in [0.3, 0.4) is 0 Å². The molecule has 1 aromatic rings. The average molecular weight is 407 g/mol. The van der Waals surface area contributed by atoms with E-state index in [0.29, 0.717) is 12.3 Å². The topological polar surface area (TPSA) is 63.4 Å². The SMILES string of the molecule is NC(=O)CC[C@H]1CC[C@H](CCN2CCC(C(=O)c3ccc(F)cc3F)CC2)CC1. The Labute approximate surface area is 171 Å². The number of carbonyl (C=O) groups excluding carboxylic acids is 2. The molecule has 1 amide bonds. The Morgan fingerprint density at radius 1 is 0.966 bits per heavy atom. The molecule has 1 heterocycles. The van der Waals surface area contributed by atoms with Crippen LogP contribution in [0.25, 0.3) is 0 Å². The predicted octanol–water partition coefficient (Wildman–Crippen LogP) is 4.32. The van der Waals surface area contributed by atoms with Crippen molar-refractivity contribution < 1.29 is 18.4 Å². The van der Waals surface area contributed by atoms with Crippen molar-refractivity contribution in [3.8, 4) is 0 Å². The number of piperidine rings is 1. The van der Waals surface area contributed by atoms with Crippen LogP contribution in [0.2, 0.25) is 0 Å². The van der Waals surface area contributed by atoms with E-state index in [4.69, 9.17) is 5.73 Å². The molecule has 160 valence electrons. The lowest BCUT2D eigenvalue weighted by Crippen LogP contribution is -2.37. The molecule has 3 rings (SSSR count). The Hall–Kier alpha value is -1.82. The number of halogens is 2. The summed E-state index contributed by atoms with van der Waals surface area (Å²) in [7, 11) is 0.